The third-order valence-corrected chi connectivity index (χ3v) is 4.11. The van der Waals surface area contributed by atoms with E-state index in [1.807, 2.05) is 11.3 Å². The number of hydrogen-bond donors (Lipinski definition) is 1. The highest BCUT2D eigenvalue weighted by Gasteiger charge is 2.23. The van der Waals surface area contributed by atoms with Crippen molar-refractivity contribution in [2.45, 2.75) is 72.8 Å². The molecule has 0 saturated carbocycles. The van der Waals surface area contributed by atoms with Crippen LogP contribution in [0.1, 0.15) is 70.0 Å². The van der Waals surface area contributed by atoms with Gasteiger partial charge in [0.05, 0.1) is 10.7 Å². The summed E-state index contributed by atoms with van der Waals surface area (Å²) in [4.78, 5) is 6.33. The molecule has 0 unspecified atom stereocenters. The SMILES string of the molecule is CCCCNCc1sc(CC(C)C)nc1C(C)(C)C. The number of nitrogens with zero attached hydrogens (tertiary/aromatic N) is 1. The number of hydrogen-bond acceptors (Lipinski definition) is 3. The Morgan fingerprint density at radius 2 is 1.95 bits per heavy atom. The topological polar surface area (TPSA) is 24.9 Å². The first-order valence-corrected chi connectivity index (χ1v) is 8.36. The minimum absolute atomic E-state index is 0.146. The second-order valence-corrected chi connectivity index (χ2v) is 7.93. The molecule has 0 radical (unpaired) electrons. The lowest BCUT2D eigenvalue weighted by molar-refractivity contribution is 0.552. The highest BCUT2D eigenvalue weighted by molar-refractivity contribution is 7.11. The maximum atomic E-state index is 4.90. The Hall–Kier alpha value is -0.410. The van der Waals surface area contributed by atoms with Crippen LogP contribution in [0.4, 0.5) is 0 Å². The normalized spacial score (nSPS) is 12.4. The fourth-order valence-corrected chi connectivity index (χ4v) is 3.51. The average Bonchev–Trinajstić information content (AvgIpc) is 2.66. The molecule has 2 nitrogen and oxygen atoms in total. The van der Waals surface area contributed by atoms with Gasteiger partial charge in [0.1, 0.15) is 0 Å². The summed E-state index contributed by atoms with van der Waals surface area (Å²) in [6, 6.07) is 0. The van der Waals surface area contributed by atoms with Gasteiger partial charge in [-0.05, 0) is 18.9 Å². The first kappa shape index (κ1) is 16.6. The largest absolute Gasteiger partial charge is 0.312 e. The van der Waals surface area contributed by atoms with Crippen molar-refractivity contribution >= 4 is 11.3 Å². The van der Waals surface area contributed by atoms with E-state index in [2.05, 4.69) is 46.9 Å². The molecule has 110 valence electrons. The smallest absolute Gasteiger partial charge is 0.0934 e. The van der Waals surface area contributed by atoms with Crippen LogP contribution in [0.5, 0.6) is 0 Å². The van der Waals surface area contributed by atoms with Crippen LogP contribution in [0, 0.1) is 5.92 Å². The van der Waals surface area contributed by atoms with E-state index in [9.17, 15) is 0 Å². The summed E-state index contributed by atoms with van der Waals surface area (Å²) >= 11 is 1.90. The van der Waals surface area contributed by atoms with Crippen molar-refractivity contribution in [3.63, 3.8) is 0 Å². The van der Waals surface area contributed by atoms with Gasteiger partial charge in [0, 0.05) is 23.3 Å². The molecule has 0 aliphatic carbocycles. The second kappa shape index (κ2) is 7.39. The Bertz CT molecular complexity index is 375. The van der Waals surface area contributed by atoms with E-state index in [0.717, 1.165) is 19.5 Å². The van der Waals surface area contributed by atoms with Crippen molar-refractivity contribution in [1.29, 1.82) is 0 Å². The Balaban J connectivity index is 2.78. The molecule has 1 aromatic rings. The van der Waals surface area contributed by atoms with E-state index in [1.165, 1.54) is 28.4 Å². The molecule has 0 amide bonds. The number of aromatic nitrogens is 1. The second-order valence-electron chi connectivity index (χ2n) is 6.76. The minimum Gasteiger partial charge on any atom is -0.312 e. The van der Waals surface area contributed by atoms with Crippen LogP contribution in [-0.2, 0) is 18.4 Å². The van der Waals surface area contributed by atoms with Crippen LogP contribution in [0.2, 0.25) is 0 Å². The fourth-order valence-electron chi connectivity index (χ4n) is 2.05. The van der Waals surface area contributed by atoms with E-state index >= 15 is 0 Å². The fraction of sp³-hybridized carbons (Fsp3) is 0.812. The third kappa shape index (κ3) is 5.62. The summed E-state index contributed by atoms with van der Waals surface area (Å²) in [6.07, 6.45) is 3.60. The van der Waals surface area contributed by atoms with Gasteiger partial charge in [-0.1, -0.05) is 48.0 Å². The van der Waals surface area contributed by atoms with E-state index in [-0.39, 0.29) is 5.41 Å². The van der Waals surface area contributed by atoms with Crippen molar-refractivity contribution in [3.8, 4) is 0 Å². The standard InChI is InChI=1S/C16H30N2S/c1-7-8-9-17-11-13-15(16(4,5)6)18-14(19-13)10-12(2)3/h12,17H,7-11H2,1-6H3. The zero-order valence-electron chi connectivity index (χ0n) is 13.5. The molecule has 0 fully saturated rings. The third-order valence-electron chi connectivity index (χ3n) is 3.03. The van der Waals surface area contributed by atoms with Crippen molar-refractivity contribution in [3.05, 3.63) is 15.6 Å². The van der Waals surface area contributed by atoms with Gasteiger partial charge < -0.3 is 5.32 Å². The van der Waals surface area contributed by atoms with Crippen molar-refractivity contribution in [1.82, 2.24) is 10.3 Å². The van der Waals surface area contributed by atoms with Gasteiger partial charge in [-0.2, -0.15) is 0 Å². The lowest BCUT2D eigenvalue weighted by atomic mass is 9.91. The van der Waals surface area contributed by atoms with Crippen LogP contribution in [0.25, 0.3) is 0 Å². The summed E-state index contributed by atoms with van der Waals surface area (Å²) in [5.74, 6) is 0.680. The van der Waals surface area contributed by atoms with Crippen LogP contribution in [-0.4, -0.2) is 11.5 Å². The molecule has 0 aliphatic heterocycles. The van der Waals surface area contributed by atoms with Gasteiger partial charge in [-0.25, -0.2) is 4.98 Å². The van der Waals surface area contributed by atoms with Gasteiger partial charge in [0.25, 0.3) is 0 Å². The Morgan fingerprint density at radius 1 is 1.26 bits per heavy atom. The van der Waals surface area contributed by atoms with Crippen molar-refractivity contribution in [2.24, 2.45) is 5.92 Å². The van der Waals surface area contributed by atoms with Crippen LogP contribution in [0.15, 0.2) is 0 Å². The molecular weight excluding hydrogens is 252 g/mol. The summed E-state index contributed by atoms with van der Waals surface area (Å²) in [7, 11) is 0. The molecule has 1 heterocycles. The van der Waals surface area contributed by atoms with E-state index in [4.69, 9.17) is 4.98 Å². The molecule has 0 atom stereocenters. The van der Waals surface area contributed by atoms with Crippen molar-refractivity contribution < 1.29 is 0 Å². The number of nitrogens with one attached hydrogen (secondary N) is 1. The van der Waals surface area contributed by atoms with E-state index in [1.54, 1.807) is 0 Å². The molecular formula is C16H30N2S. The van der Waals surface area contributed by atoms with Gasteiger partial charge in [-0.3, -0.25) is 0 Å². The molecule has 1 aromatic heterocycles. The molecule has 3 heteroatoms. The van der Waals surface area contributed by atoms with Gasteiger partial charge >= 0.3 is 0 Å². The number of thiazole rings is 1. The predicted octanol–water partition coefficient (Wildman–Crippen LogP) is 4.53. The zero-order chi connectivity index (χ0) is 14.5. The Labute approximate surface area is 123 Å². The quantitative estimate of drug-likeness (QED) is 0.743. The van der Waals surface area contributed by atoms with Gasteiger partial charge in [0.15, 0.2) is 0 Å². The average molecular weight is 282 g/mol. The highest BCUT2D eigenvalue weighted by Crippen LogP contribution is 2.30. The molecule has 0 saturated heterocycles. The Morgan fingerprint density at radius 3 is 2.47 bits per heavy atom. The molecule has 1 rings (SSSR count). The van der Waals surface area contributed by atoms with Gasteiger partial charge in [-0.15, -0.1) is 11.3 Å². The summed E-state index contributed by atoms with van der Waals surface area (Å²) in [5, 5.41) is 4.85. The molecule has 0 spiro atoms. The van der Waals surface area contributed by atoms with Crippen molar-refractivity contribution in [2.75, 3.05) is 6.54 Å². The number of unbranched alkanes of at least 4 members (excludes halogenated alkanes) is 1. The predicted molar refractivity (Wildman–Crippen MR) is 86.0 cm³/mol. The lowest BCUT2D eigenvalue weighted by Crippen LogP contribution is -2.19. The maximum Gasteiger partial charge on any atom is 0.0934 e. The molecule has 0 aromatic carbocycles. The Kier molecular flexibility index (Phi) is 6.48. The molecule has 1 N–H and O–H groups in total. The van der Waals surface area contributed by atoms with E-state index < -0.39 is 0 Å². The monoisotopic (exact) mass is 282 g/mol. The minimum atomic E-state index is 0.146. The number of rotatable bonds is 7. The molecule has 0 bridgehead atoms. The van der Waals surface area contributed by atoms with Crippen LogP contribution >= 0.6 is 11.3 Å². The highest BCUT2D eigenvalue weighted by atomic mass is 32.1. The van der Waals surface area contributed by atoms with E-state index in [0.29, 0.717) is 5.92 Å². The molecule has 19 heavy (non-hydrogen) atoms. The maximum absolute atomic E-state index is 4.90. The summed E-state index contributed by atoms with van der Waals surface area (Å²) in [5.41, 5.74) is 1.44. The lowest BCUT2D eigenvalue weighted by Gasteiger charge is -2.17. The zero-order valence-corrected chi connectivity index (χ0v) is 14.3. The molecule has 0 aliphatic rings. The summed E-state index contributed by atoms with van der Waals surface area (Å²) < 4.78 is 0. The first-order valence-electron chi connectivity index (χ1n) is 7.54. The van der Waals surface area contributed by atoms with Crippen LogP contribution in [0.3, 0.4) is 0 Å². The first-order chi connectivity index (χ1) is 8.84. The van der Waals surface area contributed by atoms with Crippen LogP contribution < -0.4 is 5.32 Å². The summed E-state index contributed by atoms with van der Waals surface area (Å²) in [6.45, 7) is 15.6. The van der Waals surface area contributed by atoms with Gasteiger partial charge in [0.2, 0.25) is 0 Å².